The molecule has 0 saturated carbocycles. The maximum atomic E-state index is 5.83. The van der Waals surface area contributed by atoms with Crippen LogP contribution in [0.25, 0.3) is 12.2 Å². The van der Waals surface area contributed by atoms with E-state index < -0.39 is 0 Å². The Hall–Kier alpha value is -2.30. The Morgan fingerprint density at radius 2 is 2.21 bits per heavy atom. The second kappa shape index (κ2) is 6.04. The van der Waals surface area contributed by atoms with Crippen molar-refractivity contribution < 1.29 is 9.26 Å². The number of ether oxygens (including phenoxy) is 1. The molecule has 2 aromatic rings. The zero-order valence-electron chi connectivity index (χ0n) is 11.1. The summed E-state index contributed by atoms with van der Waals surface area (Å²) in [6.07, 6.45) is 5.47. The van der Waals surface area contributed by atoms with E-state index in [2.05, 4.69) is 17.1 Å². The van der Waals surface area contributed by atoms with E-state index in [4.69, 9.17) is 15.0 Å². The van der Waals surface area contributed by atoms with Gasteiger partial charge in [0.25, 0.3) is 5.89 Å². The number of aromatic nitrogens is 2. The largest absolute Gasteiger partial charge is 0.495 e. The molecule has 0 amide bonds. The van der Waals surface area contributed by atoms with Crippen molar-refractivity contribution in [2.75, 3.05) is 12.8 Å². The summed E-state index contributed by atoms with van der Waals surface area (Å²) in [5.41, 5.74) is 7.39. The van der Waals surface area contributed by atoms with E-state index in [1.807, 2.05) is 24.3 Å². The molecule has 0 saturated heterocycles. The van der Waals surface area contributed by atoms with Gasteiger partial charge < -0.3 is 15.0 Å². The molecule has 1 aromatic carbocycles. The van der Waals surface area contributed by atoms with Crippen LogP contribution in [0.15, 0.2) is 22.7 Å². The molecular weight excluding hydrogens is 242 g/mol. The summed E-state index contributed by atoms with van der Waals surface area (Å²) < 4.78 is 10.2. The van der Waals surface area contributed by atoms with Crippen LogP contribution >= 0.6 is 0 Å². The first kappa shape index (κ1) is 13.1. The third-order valence-electron chi connectivity index (χ3n) is 2.63. The van der Waals surface area contributed by atoms with Gasteiger partial charge in [0.2, 0.25) is 0 Å². The van der Waals surface area contributed by atoms with Gasteiger partial charge in [-0.2, -0.15) is 4.98 Å². The maximum absolute atomic E-state index is 5.83. The number of benzene rings is 1. The molecule has 0 radical (unpaired) electrons. The summed E-state index contributed by atoms with van der Waals surface area (Å²) in [6.45, 7) is 2.08. The van der Waals surface area contributed by atoms with Crippen LogP contribution in [0.4, 0.5) is 5.69 Å². The zero-order chi connectivity index (χ0) is 13.7. The second-order valence-corrected chi connectivity index (χ2v) is 4.13. The summed E-state index contributed by atoms with van der Waals surface area (Å²) in [4.78, 5) is 4.25. The maximum Gasteiger partial charge on any atom is 0.250 e. The summed E-state index contributed by atoms with van der Waals surface area (Å²) in [6, 6.07) is 5.57. The fourth-order valence-corrected chi connectivity index (χ4v) is 1.68. The third-order valence-corrected chi connectivity index (χ3v) is 2.63. The minimum absolute atomic E-state index is 0.498. The lowest BCUT2D eigenvalue weighted by molar-refractivity contribution is 0.403. The summed E-state index contributed by atoms with van der Waals surface area (Å²) in [5, 5.41) is 3.88. The molecule has 0 unspecified atom stereocenters. The third kappa shape index (κ3) is 3.34. The Morgan fingerprint density at radius 1 is 1.37 bits per heavy atom. The topological polar surface area (TPSA) is 74.2 Å². The molecule has 2 N–H and O–H groups in total. The fourth-order valence-electron chi connectivity index (χ4n) is 1.68. The van der Waals surface area contributed by atoms with E-state index in [9.17, 15) is 0 Å². The van der Waals surface area contributed by atoms with Gasteiger partial charge in [0.15, 0.2) is 5.82 Å². The first-order valence-electron chi connectivity index (χ1n) is 6.17. The molecule has 0 atom stereocenters. The number of aryl methyl sites for hydroxylation is 1. The minimum Gasteiger partial charge on any atom is -0.495 e. The highest BCUT2D eigenvalue weighted by atomic mass is 16.5. The molecule has 0 fully saturated rings. The lowest BCUT2D eigenvalue weighted by Crippen LogP contribution is -1.92. The standard InChI is InChI=1S/C14H17N3O2/c1-3-4-13-16-14(19-17-13)8-6-10-5-7-12(18-2)11(15)9-10/h5-9H,3-4,15H2,1-2H3/b8-6+. The highest BCUT2D eigenvalue weighted by Gasteiger charge is 2.02. The van der Waals surface area contributed by atoms with Gasteiger partial charge >= 0.3 is 0 Å². The van der Waals surface area contributed by atoms with Crippen LogP contribution in [0, 0.1) is 0 Å². The monoisotopic (exact) mass is 259 g/mol. The molecule has 19 heavy (non-hydrogen) atoms. The molecule has 0 spiro atoms. The molecule has 100 valence electrons. The van der Waals surface area contributed by atoms with E-state index in [1.165, 1.54) is 0 Å². The predicted molar refractivity (Wildman–Crippen MR) is 74.6 cm³/mol. The van der Waals surface area contributed by atoms with Crippen molar-refractivity contribution in [3.63, 3.8) is 0 Å². The lowest BCUT2D eigenvalue weighted by Gasteiger charge is -2.04. The molecule has 2 rings (SSSR count). The van der Waals surface area contributed by atoms with Crippen LogP contribution in [-0.4, -0.2) is 17.3 Å². The van der Waals surface area contributed by atoms with Gasteiger partial charge in [0.05, 0.1) is 12.8 Å². The van der Waals surface area contributed by atoms with Gasteiger partial charge in [-0.05, 0) is 30.2 Å². The zero-order valence-corrected chi connectivity index (χ0v) is 11.1. The molecule has 5 heteroatoms. The minimum atomic E-state index is 0.498. The molecule has 5 nitrogen and oxygen atoms in total. The van der Waals surface area contributed by atoms with Crippen LogP contribution in [0.3, 0.4) is 0 Å². The number of nitrogens with zero attached hydrogens (tertiary/aromatic N) is 2. The van der Waals surface area contributed by atoms with Crippen LogP contribution in [0.2, 0.25) is 0 Å². The Balaban J connectivity index is 2.10. The van der Waals surface area contributed by atoms with Crippen molar-refractivity contribution in [3.05, 3.63) is 35.5 Å². The number of rotatable bonds is 5. The van der Waals surface area contributed by atoms with E-state index in [-0.39, 0.29) is 0 Å². The van der Waals surface area contributed by atoms with E-state index >= 15 is 0 Å². The van der Waals surface area contributed by atoms with Crippen LogP contribution in [0.5, 0.6) is 5.75 Å². The smallest absolute Gasteiger partial charge is 0.250 e. The molecule has 0 aliphatic rings. The van der Waals surface area contributed by atoms with Crippen molar-refractivity contribution in [3.8, 4) is 5.75 Å². The van der Waals surface area contributed by atoms with Gasteiger partial charge in [-0.25, -0.2) is 0 Å². The number of nitrogens with two attached hydrogens (primary N) is 1. The highest BCUT2D eigenvalue weighted by molar-refractivity contribution is 5.70. The number of anilines is 1. The Bertz CT molecular complexity index is 576. The predicted octanol–water partition coefficient (Wildman–Crippen LogP) is 2.78. The van der Waals surface area contributed by atoms with Crippen LogP contribution < -0.4 is 10.5 Å². The molecule has 0 aliphatic heterocycles. The SMILES string of the molecule is CCCc1noc(/C=C/c2ccc(OC)c(N)c2)n1. The Morgan fingerprint density at radius 3 is 2.89 bits per heavy atom. The van der Waals surface area contributed by atoms with Crippen molar-refractivity contribution in [2.45, 2.75) is 19.8 Å². The highest BCUT2D eigenvalue weighted by Crippen LogP contribution is 2.22. The number of hydrogen-bond donors (Lipinski definition) is 1. The molecule has 0 aliphatic carbocycles. The van der Waals surface area contributed by atoms with Gasteiger partial charge in [-0.15, -0.1) is 0 Å². The first-order valence-corrected chi connectivity index (χ1v) is 6.17. The first-order chi connectivity index (χ1) is 9.22. The second-order valence-electron chi connectivity index (χ2n) is 4.13. The lowest BCUT2D eigenvalue weighted by atomic mass is 10.2. The summed E-state index contributed by atoms with van der Waals surface area (Å²) in [5.74, 6) is 1.90. The number of nitrogen functional groups attached to an aromatic ring is 1. The van der Waals surface area contributed by atoms with E-state index in [1.54, 1.807) is 13.2 Å². The van der Waals surface area contributed by atoms with Crippen molar-refractivity contribution >= 4 is 17.8 Å². The Labute approximate surface area is 112 Å². The van der Waals surface area contributed by atoms with E-state index in [0.29, 0.717) is 17.3 Å². The average Bonchev–Trinajstić information content (AvgIpc) is 2.85. The fraction of sp³-hybridized carbons (Fsp3) is 0.286. The van der Waals surface area contributed by atoms with Gasteiger partial charge in [-0.3, -0.25) is 0 Å². The summed E-state index contributed by atoms with van der Waals surface area (Å²) in [7, 11) is 1.59. The molecule has 1 heterocycles. The van der Waals surface area contributed by atoms with E-state index in [0.717, 1.165) is 24.2 Å². The Kier molecular flexibility index (Phi) is 4.18. The summed E-state index contributed by atoms with van der Waals surface area (Å²) >= 11 is 0. The van der Waals surface area contributed by atoms with Gasteiger partial charge in [0, 0.05) is 12.5 Å². The number of hydrogen-bond acceptors (Lipinski definition) is 5. The quantitative estimate of drug-likeness (QED) is 0.836. The van der Waals surface area contributed by atoms with Crippen molar-refractivity contribution in [1.29, 1.82) is 0 Å². The van der Waals surface area contributed by atoms with Crippen molar-refractivity contribution in [2.24, 2.45) is 0 Å². The van der Waals surface area contributed by atoms with Crippen molar-refractivity contribution in [1.82, 2.24) is 10.1 Å². The van der Waals surface area contributed by atoms with Crippen LogP contribution in [-0.2, 0) is 6.42 Å². The molecule has 1 aromatic heterocycles. The van der Waals surface area contributed by atoms with Gasteiger partial charge in [-0.1, -0.05) is 18.1 Å². The molecular formula is C14H17N3O2. The molecule has 0 bridgehead atoms. The van der Waals surface area contributed by atoms with Gasteiger partial charge in [0.1, 0.15) is 5.75 Å². The average molecular weight is 259 g/mol. The number of methoxy groups -OCH3 is 1. The van der Waals surface area contributed by atoms with Crippen LogP contribution in [0.1, 0.15) is 30.6 Å². The normalized spacial score (nSPS) is 11.1.